The van der Waals surface area contributed by atoms with E-state index in [-0.39, 0.29) is 0 Å². The fourth-order valence-corrected chi connectivity index (χ4v) is 4.08. The van der Waals surface area contributed by atoms with Crippen molar-refractivity contribution in [2.75, 3.05) is 14.1 Å². The Morgan fingerprint density at radius 1 is 1.18 bits per heavy atom. The summed E-state index contributed by atoms with van der Waals surface area (Å²) in [6, 6.07) is 1.38. The second-order valence-corrected chi connectivity index (χ2v) is 6.80. The van der Waals surface area contributed by atoms with Crippen molar-refractivity contribution in [1.29, 1.82) is 0 Å². The first-order chi connectivity index (χ1) is 5.11. The molecule has 0 aliphatic carbocycles. The van der Waals surface area contributed by atoms with Gasteiger partial charge in [-0.2, -0.15) is 0 Å². The third-order valence-corrected chi connectivity index (χ3v) is 5.75. The molecule has 1 heterocycles. The Morgan fingerprint density at radius 2 is 1.64 bits per heavy atom. The van der Waals surface area contributed by atoms with Crippen LogP contribution in [-0.2, 0) is 0 Å². The first-order valence-corrected chi connectivity index (χ1v) is 6.08. The monoisotopic (exact) mass is 170 g/mol. The summed E-state index contributed by atoms with van der Waals surface area (Å²) in [5, 5.41) is 0. The normalized spacial score (nSPS) is 19.0. The molecule has 11 heavy (non-hydrogen) atoms. The first kappa shape index (κ1) is 8.65. The van der Waals surface area contributed by atoms with Crippen molar-refractivity contribution in [3.8, 4) is 0 Å². The first-order valence-electron chi connectivity index (χ1n) is 4.23. The average molecular weight is 170 g/mol. The van der Waals surface area contributed by atoms with Crippen LogP contribution in [0.3, 0.4) is 0 Å². The Bertz CT molecular complexity index is 144. The highest BCUT2D eigenvalue weighted by atomic mass is 28.3. The summed E-state index contributed by atoms with van der Waals surface area (Å²) in [5.41, 5.74) is 0. The molecule has 0 saturated carbocycles. The summed E-state index contributed by atoms with van der Waals surface area (Å²) in [5.74, 6) is 0.830. The molecule has 0 fully saturated rings. The molecule has 2 nitrogen and oxygen atoms in total. The fraction of sp³-hybridized carbons (Fsp3) is 0.750. The van der Waals surface area contributed by atoms with Crippen LogP contribution < -0.4 is 0 Å². The fourth-order valence-electron chi connectivity index (χ4n) is 1.45. The summed E-state index contributed by atoms with van der Waals surface area (Å²) in [6.45, 7) is 4.60. The summed E-state index contributed by atoms with van der Waals surface area (Å²) in [7, 11) is 3.62. The van der Waals surface area contributed by atoms with E-state index >= 15 is 0 Å². The van der Waals surface area contributed by atoms with E-state index in [1.807, 2.05) is 0 Å². The predicted molar refractivity (Wildman–Crippen MR) is 51.5 cm³/mol. The smallest absolute Gasteiger partial charge is 0.246 e. The molecule has 0 bridgehead atoms. The largest absolute Gasteiger partial charge is 0.391 e. The Balaban J connectivity index is 2.45. The van der Waals surface area contributed by atoms with E-state index in [0.717, 1.165) is 5.92 Å². The maximum Gasteiger partial charge on any atom is 0.246 e. The van der Waals surface area contributed by atoms with Crippen LogP contribution in [0, 0.1) is 5.92 Å². The summed E-state index contributed by atoms with van der Waals surface area (Å²) >= 11 is 0. The molecule has 0 aromatic rings. The lowest BCUT2D eigenvalue weighted by molar-refractivity contribution is 0.596. The Morgan fingerprint density at radius 3 is 2.00 bits per heavy atom. The molecule has 0 amide bonds. The van der Waals surface area contributed by atoms with Crippen molar-refractivity contribution in [1.82, 2.24) is 9.13 Å². The molecule has 0 N–H and O–H groups in total. The van der Waals surface area contributed by atoms with Crippen LogP contribution in [0.5, 0.6) is 0 Å². The molecule has 0 spiro atoms. The van der Waals surface area contributed by atoms with Crippen LogP contribution in [0.1, 0.15) is 13.8 Å². The molecule has 3 heteroatoms. The van der Waals surface area contributed by atoms with Gasteiger partial charge in [0.15, 0.2) is 0 Å². The van der Waals surface area contributed by atoms with Gasteiger partial charge in [-0.05, 0) is 26.1 Å². The zero-order valence-corrected chi connectivity index (χ0v) is 9.07. The molecule has 0 unspecified atom stereocenters. The molecule has 0 saturated heterocycles. The lowest BCUT2D eigenvalue weighted by atomic mass is 10.3. The molecule has 64 valence electrons. The molecule has 1 aliphatic heterocycles. The van der Waals surface area contributed by atoms with E-state index in [9.17, 15) is 0 Å². The van der Waals surface area contributed by atoms with Gasteiger partial charge in [-0.1, -0.05) is 13.8 Å². The number of rotatable bonds is 2. The Kier molecular flexibility index (Phi) is 2.60. The van der Waals surface area contributed by atoms with Crippen molar-refractivity contribution < 1.29 is 0 Å². The highest BCUT2D eigenvalue weighted by Crippen LogP contribution is 2.15. The second kappa shape index (κ2) is 3.30. The van der Waals surface area contributed by atoms with Crippen LogP contribution >= 0.6 is 0 Å². The minimum atomic E-state index is -0.772. The van der Waals surface area contributed by atoms with Gasteiger partial charge in [0.05, 0.1) is 0 Å². The van der Waals surface area contributed by atoms with Gasteiger partial charge in [0.2, 0.25) is 9.12 Å². The second-order valence-electron chi connectivity index (χ2n) is 3.74. The van der Waals surface area contributed by atoms with Crippen LogP contribution in [0.4, 0.5) is 0 Å². The van der Waals surface area contributed by atoms with E-state index in [2.05, 4.69) is 49.5 Å². The zero-order valence-electron chi connectivity index (χ0n) is 7.91. The van der Waals surface area contributed by atoms with E-state index in [1.54, 1.807) is 0 Å². The summed E-state index contributed by atoms with van der Waals surface area (Å²) < 4.78 is 4.81. The predicted octanol–water partition coefficient (Wildman–Crippen LogP) is 1.21. The van der Waals surface area contributed by atoms with Crippen molar-refractivity contribution in [2.45, 2.75) is 19.9 Å². The minimum absolute atomic E-state index is 0.772. The van der Waals surface area contributed by atoms with E-state index < -0.39 is 9.12 Å². The molecular weight excluding hydrogens is 152 g/mol. The zero-order chi connectivity index (χ0) is 8.43. The van der Waals surface area contributed by atoms with E-state index in [0.29, 0.717) is 0 Å². The van der Waals surface area contributed by atoms with Crippen LogP contribution in [-0.4, -0.2) is 32.3 Å². The third-order valence-electron chi connectivity index (χ3n) is 2.16. The molecule has 0 atom stereocenters. The van der Waals surface area contributed by atoms with Crippen molar-refractivity contribution >= 4 is 9.12 Å². The Hall–Kier alpha value is -0.443. The number of nitrogens with zero attached hydrogens (tertiary/aromatic N) is 2. The standard InChI is InChI=1S/C8H18N2Si/c1-8(2)7-11-9(3)5-6-10(11)4/h5-6,8,11H,7H2,1-4H3. The van der Waals surface area contributed by atoms with Gasteiger partial charge >= 0.3 is 0 Å². The maximum atomic E-state index is 2.40. The lowest BCUT2D eigenvalue weighted by Crippen LogP contribution is -2.40. The van der Waals surface area contributed by atoms with Gasteiger partial charge in [-0.25, -0.2) is 0 Å². The van der Waals surface area contributed by atoms with Gasteiger partial charge in [-0.15, -0.1) is 0 Å². The van der Waals surface area contributed by atoms with Crippen LogP contribution in [0.15, 0.2) is 12.4 Å². The van der Waals surface area contributed by atoms with Crippen LogP contribution in [0.2, 0.25) is 6.04 Å². The number of hydrogen-bond donors (Lipinski definition) is 0. The summed E-state index contributed by atoms with van der Waals surface area (Å²) in [6.07, 6.45) is 4.39. The molecule has 0 radical (unpaired) electrons. The molecule has 0 aromatic carbocycles. The number of hydrogen-bond acceptors (Lipinski definition) is 2. The van der Waals surface area contributed by atoms with Gasteiger partial charge in [-0.3, -0.25) is 0 Å². The van der Waals surface area contributed by atoms with E-state index in [4.69, 9.17) is 0 Å². The molecule has 1 rings (SSSR count). The van der Waals surface area contributed by atoms with Crippen LogP contribution in [0.25, 0.3) is 0 Å². The summed E-state index contributed by atoms with van der Waals surface area (Å²) in [4.78, 5) is 0. The maximum absolute atomic E-state index is 2.40. The van der Waals surface area contributed by atoms with Gasteiger partial charge in [0.25, 0.3) is 0 Å². The molecular formula is C8H18N2Si. The average Bonchev–Trinajstić information content (AvgIpc) is 2.18. The van der Waals surface area contributed by atoms with Crippen molar-refractivity contribution in [2.24, 2.45) is 5.92 Å². The highest BCUT2D eigenvalue weighted by Gasteiger charge is 2.23. The van der Waals surface area contributed by atoms with Gasteiger partial charge in [0, 0.05) is 12.4 Å². The SMILES string of the molecule is CC(C)C[SiH]1N(C)C=CN1C. The minimum Gasteiger partial charge on any atom is -0.391 e. The Labute approximate surface area is 71.3 Å². The third kappa shape index (κ3) is 1.99. The van der Waals surface area contributed by atoms with Gasteiger partial charge < -0.3 is 9.13 Å². The lowest BCUT2D eigenvalue weighted by Gasteiger charge is -2.26. The van der Waals surface area contributed by atoms with Crippen molar-refractivity contribution in [3.63, 3.8) is 0 Å². The van der Waals surface area contributed by atoms with Gasteiger partial charge in [0.1, 0.15) is 0 Å². The topological polar surface area (TPSA) is 6.48 Å². The highest BCUT2D eigenvalue weighted by molar-refractivity contribution is 6.54. The molecule has 1 aliphatic rings. The quantitative estimate of drug-likeness (QED) is 0.575. The van der Waals surface area contributed by atoms with Crippen molar-refractivity contribution in [3.05, 3.63) is 12.4 Å². The van der Waals surface area contributed by atoms with E-state index in [1.165, 1.54) is 6.04 Å². The molecule has 0 aromatic heterocycles.